The average Bonchev–Trinajstić information content (AvgIpc) is 2.81. The molecule has 1 amide bonds. The van der Waals surface area contributed by atoms with Gasteiger partial charge in [0.05, 0.1) is 27.0 Å². The molecule has 3 rings (SSSR count). The number of pyridine rings is 1. The molecule has 156 valence electrons. The summed E-state index contributed by atoms with van der Waals surface area (Å²) < 4.78 is 21.8. The van der Waals surface area contributed by atoms with Gasteiger partial charge in [0.2, 0.25) is 0 Å². The van der Waals surface area contributed by atoms with E-state index in [9.17, 15) is 4.79 Å². The van der Waals surface area contributed by atoms with Gasteiger partial charge in [0.25, 0.3) is 5.91 Å². The van der Waals surface area contributed by atoms with E-state index < -0.39 is 5.91 Å². The van der Waals surface area contributed by atoms with Crippen molar-refractivity contribution in [3.8, 4) is 45.5 Å². The van der Waals surface area contributed by atoms with Gasteiger partial charge in [-0.3, -0.25) is 10.0 Å². The number of rotatable bonds is 8. The first-order valence-corrected chi connectivity index (χ1v) is 9.03. The Morgan fingerprint density at radius 3 is 2.37 bits per heavy atom. The monoisotopic (exact) mass is 410 g/mol. The molecule has 2 N–H and O–H groups in total. The van der Waals surface area contributed by atoms with Gasteiger partial charge in [0.1, 0.15) is 28.7 Å². The van der Waals surface area contributed by atoms with Crippen LogP contribution in [0.25, 0.3) is 22.5 Å². The maximum atomic E-state index is 11.4. The van der Waals surface area contributed by atoms with Crippen molar-refractivity contribution in [3.05, 3.63) is 54.6 Å². The number of hydrogen-bond donors (Lipinski definition) is 2. The highest BCUT2D eigenvalue weighted by Gasteiger charge is 2.17. The first kappa shape index (κ1) is 20.9. The molecule has 8 heteroatoms. The highest BCUT2D eigenvalue weighted by molar-refractivity contribution is 5.79. The van der Waals surface area contributed by atoms with E-state index in [0.717, 1.165) is 5.56 Å². The molecule has 0 bridgehead atoms. The number of benzene rings is 2. The summed E-state index contributed by atoms with van der Waals surface area (Å²) in [6.45, 7) is -0.345. The van der Waals surface area contributed by atoms with Crippen LogP contribution in [0.15, 0.2) is 54.6 Å². The number of ether oxygens (including phenoxy) is 4. The Morgan fingerprint density at radius 1 is 0.900 bits per heavy atom. The van der Waals surface area contributed by atoms with Crippen LogP contribution in [0.2, 0.25) is 0 Å². The third-order valence-corrected chi connectivity index (χ3v) is 4.39. The molecule has 0 atom stereocenters. The van der Waals surface area contributed by atoms with Gasteiger partial charge in [-0.25, -0.2) is 10.5 Å². The number of nitrogens with zero attached hydrogens (tertiary/aromatic N) is 1. The number of hydrogen-bond acceptors (Lipinski definition) is 7. The zero-order valence-electron chi connectivity index (χ0n) is 16.8. The van der Waals surface area contributed by atoms with Crippen LogP contribution in [0.5, 0.6) is 23.0 Å². The number of hydroxylamine groups is 1. The predicted octanol–water partition coefficient (Wildman–Crippen LogP) is 3.33. The molecule has 1 heterocycles. The normalized spacial score (nSPS) is 10.3. The number of methoxy groups -OCH3 is 3. The van der Waals surface area contributed by atoms with Gasteiger partial charge in [-0.15, -0.1) is 0 Å². The standard InChI is InChI=1S/C22H22N2O6/c1-27-14-8-9-15(20(12-14)29-3)17-10-11-19(28-2)22(23-17)16-6-4-5-7-18(16)30-13-21(25)24-26/h4-12,26H,13H2,1-3H3,(H,24,25). The quantitative estimate of drug-likeness (QED) is 0.434. The van der Waals surface area contributed by atoms with Crippen LogP contribution in [-0.4, -0.2) is 44.0 Å². The third-order valence-electron chi connectivity index (χ3n) is 4.39. The lowest BCUT2D eigenvalue weighted by Crippen LogP contribution is -2.25. The Morgan fingerprint density at radius 2 is 1.67 bits per heavy atom. The Bertz CT molecular complexity index is 1040. The molecular weight excluding hydrogens is 388 g/mol. The Balaban J connectivity index is 2.08. The number of carbonyl (C=O) groups excluding carboxylic acids is 1. The first-order valence-electron chi connectivity index (χ1n) is 9.03. The van der Waals surface area contributed by atoms with E-state index in [1.54, 1.807) is 51.1 Å². The molecule has 0 fully saturated rings. The van der Waals surface area contributed by atoms with Gasteiger partial charge in [0, 0.05) is 17.2 Å². The molecule has 0 aliphatic heterocycles. The van der Waals surface area contributed by atoms with Crippen molar-refractivity contribution in [2.24, 2.45) is 0 Å². The van der Waals surface area contributed by atoms with Crippen LogP contribution in [0.4, 0.5) is 0 Å². The fraction of sp³-hybridized carbons (Fsp3) is 0.182. The van der Waals surface area contributed by atoms with E-state index in [1.165, 1.54) is 0 Å². The van der Waals surface area contributed by atoms with Gasteiger partial charge < -0.3 is 18.9 Å². The number of nitrogens with one attached hydrogen (secondary N) is 1. The molecule has 0 unspecified atom stereocenters. The summed E-state index contributed by atoms with van der Waals surface area (Å²) in [5.74, 6) is 1.58. The maximum Gasteiger partial charge on any atom is 0.281 e. The minimum atomic E-state index is -0.665. The van der Waals surface area contributed by atoms with Crippen LogP contribution in [0, 0.1) is 0 Å². The SMILES string of the molecule is COc1ccc(-c2ccc(OC)c(-c3ccccc3OCC(=O)NO)n2)c(OC)c1. The Kier molecular flexibility index (Phi) is 6.71. The van der Waals surface area contributed by atoms with Crippen molar-refractivity contribution in [1.29, 1.82) is 0 Å². The lowest BCUT2D eigenvalue weighted by atomic mass is 10.1. The lowest BCUT2D eigenvalue weighted by molar-refractivity contribution is -0.131. The van der Waals surface area contributed by atoms with Crippen LogP contribution in [0.1, 0.15) is 0 Å². The molecule has 0 saturated carbocycles. The van der Waals surface area contributed by atoms with Crippen LogP contribution >= 0.6 is 0 Å². The van der Waals surface area contributed by atoms with Gasteiger partial charge >= 0.3 is 0 Å². The minimum absolute atomic E-state index is 0.345. The highest BCUT2D eigenvalue weighted by atomic mass is 16.5. The zero-order chi connectivity index (χ0) is 21.5. The molecule has 1 aromatic heterocycles. The van der Waals surface area contributed by atoms with Gasteiger partial charge in [-0.1, -0.05) is 12.1 Å². The maximum absolute atomic E-state index is 11.4. The van der Waals surface area contributed by atoms with Crippen molar-refractivity contribution >= 4 is 5.91 Å². The third kappa shape index (κ3) is 4.44. The van der Waals surface area contributed by atoms with Crippen molar-refractivity contribution in [3.63, 3.8) is 0 Å². The van der Waals surface area contributed by atoms with Crippen LogP contribution < -0.4 is 24.4 Å². The van der Waals surface area contributed by atoms with E-state index in [4.69, 9.17) is 29.1 Å². The molecule has 30 heavy (non-hydrogen) atoms. The second kappa shape index (κ2) is 9.62. The smallest absolute Gasteiger partial charge is 0.281 e. The Hall–Kier alpha value is -3.78. The van der Waals surface area contributed by atoms with Gasteiger partial charge in [-0.05, 0) is 36.4 Å². The number of carbonyl (C=O) groups is 1. The van der Waals surface area contributed by atoms with E-state index >= 15 is 0 Å². The summed E-state index contributed by atoms with van der Waals surface area (Å²) in [5.41, 5.74) is 4.15. The molecule has 3 aromatic rings. The molecule has 0 aliphatic rings. The summed E-state index contributed by atoms with van der Waals surface area (Å²) in [7, 11) is 4.72. The Labute approximate surface area is 174 Å². The molecular formula is C22H22N2O6. The minimum Gasteiger partial charge on any atom is -0.497 e. The molecule has 2 aromatic carbocycles. The second-order valence-electron chi connectivity index (χ2n) is 6.13. The van der Waals surface area contributed by atoms with E-state index in [1.807, 2.05) is 30.3 Å². The van der Waals surface area contributed by atoms with Crippen molar-refractivity contribution in [1.82, 2.24) is 10.5 Å². The van der Waals surface area contributed by atoms with Gasteiger partial charge in [0.15, 0.2) is 6.61 Å². The molecule has 0 aliphatic carbocycles. The molecule has 0 radical (unpaired) electrons. The fourth-order valence-corrected chi connectivity index (χ4v) is 2.93. The van der Waals surface area contributed by atoms with Gasteiger partial charge in [-0.2, -0.15) is 0 Å². The highest BCUT2D eigenvalue weighted by Crippen LogP contribution is 2.39. The van der Waals surface area contributed by atoms with Crippen LogP contribution in [0.3, 0.4) is 0 Å². The summed E-state index contributed by atoms with van der Waals surface area (Å²) in [5, 5.41) is 8.70. The van der Waals surface area contributed by atoms with Crippen molar-refractivity contribution in [2.75, 3.05) is 27.9 Å². The average molecular weight is 410 g/mol. The summed E-state index contributed by atoms with van der Waals surface area (Å²) in [6, 6.07) is 16.2. The van der Waals surface area contributed by atoms with Crippen molar-refractivity contribution < 1.29 is 28.9 Å². The molecule has 0 spiro atoms. The first-order chi connectivity index (χ1) is 14.6. The second-order valence-corrected chi connectivity index (χ2v) is 6.13. The number of amides is 1. The van der Waals surface area contributed by atoms with E-state index in [2.05, 4.69) is 0 Å². The molecule has 8 nitrogen and oxygen atoms in total. The summed E-state index contributed by atoms with van der Waals surface area (Å²) in [6.07, 6.45) is 0. The fourth-order valence-electron chi connectivity index (χ4n) is 2.93. The van der Waals surface area contributed by atoms with Crippen molar-refractivity contribution in [2.45, 2.75) is 0 Å². The van der Waals surface area contributed by atoms with E-state index in [-0.39, 0.29) is 6.61 Å². The lowest BCUT2D eigenvalue weighted by Gasteiger charge is -2.15. The van der Waals surface area contributed by atoms with Crippen LogP contribution in [-0.2, 0) is 4.79 Å². The summed E-state index contributed by atoms with van der Waals surface area (Å²) in [4.78, 5) is 16.1. The topological polar surface area (TPSA) is 99.1 Å². The summed E-state index contributed by atoms with van der Waals surface area (Å²) >= 11 is 0. The number of para-hydroxylation sites is 1. The largest absolute Gasteiger partial charge is 0.497 e. The predicted molar refractivity (Wildman–Crippen MR) is 110 cm³/mol. The number of aromatic nitrogens is 1. The van der Waals surface area contributed by atoms with E-state index in [0.29, 0.717) is 39.9 Å². The molecule has 0 saturated heterocycles. The zero-order valence-corrected chi connectivity index (χ0v) is 16.8.